The molecule has 0 spiro atoms. The molecule has 26 heteroatoms. The van der Waals surface area contributed by atoms with Crippen molar-refractivity contribution in [2.45, 2.75) is 39.2 Å². The summed E-state index contributed by atoms with van der Waals surface area (Å²) >= 11 is 0. The van der Waals surface area contributed by atoms with Gasteiger partial charge in [-0.25, -0.2) is 24.7 Å². The van der Waals surface area contributed by atoms with E-state index in [9.17, 15) is 24.0 Å². The van der Waals surface area contributed by atoms with Gasteiger partial charge in [0, 0.05) is 165 Å². The van der Waals surface area contributed by atoms with Crippen LogP contribution in [-0.2, 0) is 42.7 Å². The van der Waals surface area contributed by atoms with E-state index in [4.69, 9.17) is 53.1 Å². The molecule has 4 aliphatic heterocycles. The quantitative estimate of drug-likeness (QED) is 0.0160. The number of aromatic nitrogens is 8. The van der Waals surface area contributed by atoms with Crippen LogP contribution < -0.4 is 26.6 Å². The van der Waals surface area contributed by atoms with Crippen molar-refractivity contribution in [3.63, 3.8) is 0 Å². The lowest BCUT2D eigenvalue weighted by atomic mass is 10.0. The van der Waals surface area contributed by atoms with Crippen LogP contribution in [0.5, 0.6) is 0 Å². The molecule has 734 valence electrons. The second kappa shape index (κ2) is 48.5. The molecule has 8 aromatic carbocycles. The summed E-state index contributed by atoms with van der Waals surface area (Å²) in [6.45, 7) is 11.2. The molecule has 16 bridgehead atoms. The Morgan fingerprint density at radius 2 is 0.462 bits per heavy atom. The summed E-state index contributed by atoms with van der Waals surface area (Å²) in [6, 6.07) is 93.9. The Hall–Kier alpha value is -16.2. The molecular formula is C119H116N14O12. The number of carbonyl (C=O) groups excluding carboxylic acids is 5. The van der Waals surface area contributed by atoms with E-state index in [1.54, 1.807) is 20.8 Å². The summed E-state index contributed by atoms with van der Waals surface area (Å²) in [4.78, 5) is 105. The monoisotopic (exact) mass is 1930 g/mol. The van der Waals surface area contributed by atoms with Crippen molar-refractivity contribution in [3.8, 4) is 89.0 Å². The first kappa shape index (κ1) is 99.0. The summed E-state index contributed by atoms with van der Waals surface area (Å²) < 4.78 is 40.1. The molecule has 5 amide bonds. The van der Waals surface area contributed by atoms with Gasteiger partial charge in [-0.2, -0.15) is 0 Å². The normalized spacial score (nSPS) is 12.0. The number of H-pyrrole nitrogens is 4. The standard InChI is InChI=1S/C119H116N14O12/c1-119(2,3)145-118(138)124-64-72-143-78-79-144-73-67-133(65-58-106(134)120-60-68-139-74-76-141-70-62-122-116(136)88-38-34-86(35-39-88)114-102-54-50-98(129-102)110(82-26-14-6-15-27-82)94-46-42-90(125-94)108(80-22-10-4-11-23-80)91-43-47-95(126-91)111(83-28-16-7-17-29-83)99-51-55-103(114)130-99)66-59-107(135)121-61-69-140-75-77-142-71-63-123-117(137)89-40-36-87(37-41-89)115-104-56-52-100(131-104)112(84-30-18-8-19-31-84)96-48-44-92(127-96)109(81-24-12-5-13-25-81)93-45-49-97(128-93)113(85-32-20-9-21-33-85)101-53-57-105(115)132-101/h4-57,125,127,130,132H,58-79H2,1-3H3,(H,120,134)(H,121,135)(H,122,136)(H,123,137)(H,124,138). The lowest BCUT2D eigenvalue weighted by Gasteiger charge is -2.22. The van der Waals surface area contributed by atoms with Crippen molar-refractivity contribution in [2.24, 2.45) is 0 Å². The number of amides is 5. The maximum Gasteiger partial charge on any atom is 0.407 e. The fourth-order valence-corrected chi connectivity index (χ4v) is 18.0. The summed E-state index contributed by atoms with van der Waals surface area (Å²) in [7, 11) is 0. The van der Waals surface area contributed by atoms with E-state index in [1.807, 2.05) is 138 Å². The average molecular weight is 1930 g/mol. The number of aromatic amines is 4. The van der Waals surface area contributed by atoms with Gasteiger partial charge >= 0.3 is 6.09 Å². The van der Waals surface area contributed by atoms with Crippen LogP contribution in [0.15, 0.2) is 279 Å². The number of fused-ring (bicyclic) bond motifs is 16. The third kappa shape index (κ3) is 25.7. The van der Waals surface area contributed by atoms with Gasteiger partial charge in [0.15, 0.2) is 0 Å². The van der Waals surface area contributed by atoms with Crippen LogP contribution in [0.2, 0.25) is 0 Å². The van der Waals surface area contributed by atoms with Crippen LogP contribution in [0.3, 0.4) is 0 Å². The first-order valence-electron chi connectivity index (χ1n) is 49.2. The molecule has 9 N–H and O–H groups in total. The highest BCUT2D eigenvalue weighted by atomic mass is 16.6. The number of ether oxygens (including phenoxy) is 7. The predicted octanol–water partition coefficient (Wildman–Crippen LogP) is 21.1. The largest absolute Gasteiger partial charge is 0.444 e. The van der Waals surface area contributed by atoms with E-state index < -0.39 is 11.7 Å². The number of alkyl carbamates (subject to hydrolysis) is 1. The molecule has 0 aliphatic carbocycles. The van der Waals surface area contributed by atoms with Crippen LogP contribution in [0, 0.1) is 0 Å². The van der Waals surface area contributed by atoms with E-state index in [2.05, 4.69) is 241 Å². The maximum absolute atomic E-state index is 13.7. The second-order valence-corrected chi connectivity index (χ2v) is 36.0. The number of nitrogens with one attached hydrogen (secondary N) is 9. The Labute approximate surface area is 841 Å². The highest BCUT2D eigenvalue weighted by Crippen LogP contribution is 2.43. The molecule has 145 heavy (non-hydrogen) atoms. The molecule has 0 saturated carbocycles. The molecule has 0 unspecified atom stereocenters. The Bertz CT molecular complexity index is 6910. The van der Waals surface area contributed by atoms with Crippen molar-refractivity contribution < 1.29 is 57.1 Å². The minimum absolute atomic E-state index is 0.166. The van der Waals surface area contributed by atoms with Gasteiger partial charge in [-0.3, -0.25) is 19.2 Å². The van der Waals surface area contributed by atoms with Crippen LogP contribution >= 0.6 is 0 Å². The number of hydrogen-bond acceptors (Lipinski definition) is 17. The first-order chi connectivity index (χ1) is 71.1. The Morgan fingerprint density at radius 1 is 0.248 bits per heavy atom. The molecule has 0 atom stereocenters. The molecule has 18 rings (SSSR count). The van der Waals surface area contributed by atoms with Gasteiger partial charge in [0.2, 0.25) is 11.8 Å². The summed E-state index contributed by atoms with van der Waals surface area (Å²) in [6.07, 6.45) is 16.4. The van der Waals surface area contributed by atoms with Crippen molar-refractivity contribution in [3.05, 3.63) is 336 Å². The molecule has 0 fully saturated rings. The van der Waals surface area contributed by atoms with Gasteiger partial charge in [-0.05, 0) is 187 Å². The lowest BCUT2D eigenvalue weighted by Crippen LogP contribution is -2.37. The number of benzene rings is 8. The molecule has 6 aromatic heterocycles. The Kier molecular flexibility index (Phi) is 33.1. The lowest BCUT2D eigenvalue weighted by molar-refractivity contribution is -0.121. The van der Waals surface area contributed by atoms with E-state index in [-0.39, 0.29) is 129 Å². The molecule has 10 heterocycles. The topological polar surface area (TPSA) is 328 Å². The number of nitrogens with zero attached hydrogens (tertiary/aromatic N) is 5. The number of rotatable bonds is 43. The number of carbonyl (C=O) groups is 5. The van der Waals surface area contributed by atoms with Gasteiger partial charge in [0.05, 0.1) is 125 Å². The highest BCUT2D eigenvalue weighted by molar-refractivity contribution is 6.04. The fourth-order valence-electron chi connectivity index (χ4n) is 18.0. The molecule has 26 nitrogen and oxygen atoms in total. The van der Waals surface area contributed by atoms with E-state index >= 15 is 0 Å². The van der Waals surface area contributed by atoms with E-state index in [0.717, 1.165) is 179 Å². The molecule has 4 aliphatic rings. The fraction of sp³-hybridized carbons (Fsp3) is 0.218. The van der Waals surface area contributed by atoms with Crippen LogP contribution in [0.4, 0.5) is 4.79 Å². The van der Waals surface area contributed by atoms with Crippen molar-refractivity contribution >= 4 is 122 Å². The molecule has 0 radical (unpaired) electrons. The first-order valence-corrected chi connectivity index (χ1v) is 49.2. The van der Waals surface area contributed by atoms with Crippen molar-refractivity contribution in [1.82, 2.24) is 71.4 Å². The Morgan fingerprint density at radius 3 is 0.697 bits per heavy atom. The average Bonchev–Trinajstić information content (AvgIpc) is 1.62. The zero-order valence-electron chi connectivity index (χ0n) is 81.4. The molecule has 14 aromatic rings. The Balaban J connectivity index is 0.434. The van der Waals surface area contributed by atoms with Gasteiger partial charge in [0.25, 0.3) is 11.8 Å². The van der Waals surface area contributed by atoms with Gasteiger partial charge in [0.1, 0.15) is 5.60 Å². The molecule has 0 saturated heterocycles. The van der Waals surface area contributed by atoms with Crippen LogP contribution in [-0.4, -0.2) is 212 Å². The predicted molar refractivity (Wildman–Crippen MR) is 577 cm³/mol. The summed E-state index contributed by atoms with van der Waals surface area (Å²) in [5.74, 6) is -0.858. The van der Waals surface area contributed by atoms with Gasteiger partial charge < -0.3 is 84.6 Å². The minimum Gasteiger partial charge on any atom is -0.444 e. The van der Waals surface area contributed by atoms with Crippen molar-refractivity contribution in [2.75, 3.05) is 132 Å². The number of hydrogen-bond donors (Lipinski definition) is 9. The summed E-state index contributed by atoms with van der Waals surface area (Å²) in [5, 5.41) is 14.5. The van der Waals surface area contributed by atoms with Crippen molar-refractivity contribution in [1.29, 1.82) is 0 Å². The second-order valence-electron chi connectivity index (χ2n) is 36.0. The molecular weight excluding hydrogens is 1820 g/mol. The highest BCUT2D eigenvalue weighted by Gasteiger charge is 2.25. The third-order valence-electron chi connectivity index (χ3n) is 24.8. The summed E-state index contributed by atoms with van der Waals surface area (Å²) in [5.41, 5.74) is 29.0. The third-order valence-corrected chi connectivity index (χ3v) is 24.8. The zero-order chi connectivity index (χ0) is 99.5. The van der Waals surface area contributed by atoms with E-state index in [0.29, 0.717) is 50.6 Å². The van der Waals surface area contributed by atoms with Gasteiger partial charge in [-0.1, -0.05) is 206 Å². The van der Waals surface area contributed by atoms with Crippen LogP contribution in [0.1, 0.15) is 99.9 Å². The van der Waals surface area contributed by atoms with Crippen LogP contribution in [0.25, 0.3) is 182 Å². The SMILES string of the molecule is CC(C)(C)OC(=O)NCCOCCOCCN(CCC(=O)NCCOCCOCCNC(=O)c1ccc(-c2c3nc(c(-c4ccccc4)c4ccc([nH]4)c(-c4ccccc4)c4nc(c(-c5ccccc5)c5ccc2[nH]5)C=C4)C=C3)cc1)CCC(=O)NCCOCCOCCNC(=O)c1ccc(-c2c3nc(c(-c4ccccc4)c4ccc([nH]4)c(-c4ccccc4)c4nc(c(-c5ccccc5)c5ccc2[nH]5)C=C4)C=C3)cc1. The smallest absolute Gasteiger partial charge is 0.407 e. The zero-order valence-corrected chi connectivity index (χ0v) is 81.4. The van der Waals surface area contributed by atoms with E-state index in [1.165, 1.54) is 0 Å². The maximum atomic E-state index is 13.7. The minimum atomic E-state index is -0.613. The van der Waals surface area contributed by atoms with Gasteiger partial charge in [-0.15, -0.1) is 0 Å².